The van der Waals surface area contributed by atoms with Gasteiger partial charge in [0.15, 0.2) is 6.61 Å². The number of hydrogen-bond acceptors (Lipinski definition) is 5. The van der Waals surface area contributed by atoms with Crippen molar-refractivity contribution in [2.75, 3.05) is 18.5 Å². The molecule has 0 aliphatic carbocycles. The van der Waals surface area contributed by atoms with Crippen molar-refractivity contribution < 1.29 is 31.5 Å². The fourth-order valence-corrected chi connectivity index (χ4v) is 3.08. The molecule has 0 unspecified atom stereocenters. The predicted molar refractivity (Wildman–Crippen MR) is 92.6 cm³/mol. The van der Waals surface area contributed by atoms with E-state index in [0.29, 0.717) is 6.07 Å². The van der Waals surface area contributed by atoms with Gasteiger partial charge in [-0.3, -0.25) is 4.79 Å². The Bertz CT molecular complexity index is 946. The minimum Gasteiger partial charge on any atom is -0.452 e. The van der Waals surface area contributed by atoms with Crippen LogP contribution in [0.15, 0.2) is 47.4 Å². The van der Waals surface area contributed by atoms with Crippen LogP contribution in [0.3, 0.4) is 0 Å². The molecule has 0 saturated carbocycles. The summed E-state index contributed by atoms with van der Waals surface area (Å²) in [6.45, 7) is 1.15. The van der Waals surface area contributed by atoms with E-state index in [0.717, 1.165) is 12.1 Å². The van der Waals surface area contributed by atoms with Gasteiger partial charge in [0.05, 0.1) is 16.1 Å². The number of rotatable bonds is 7. The zero-order valence-electron chi connectivity index (χ0n) is 14.2. The monoisotopic (exact) mass is 398 g/mol. The molecule has 7 nitrogen and oxygen atoms in total. The van der Waals surface area contributed by atoms with Crippen molar-refractivity contribution in [1.29, 1.82) is 0 Å². The molecule has 0 heterocycles. The Labute approximate surface area is 154 Å². The maximum Gasteiger partial charge on any atom is 0.338 e. The number of carbonyl (C=O) groups is 2. The van der Waals surface area contributed by atoms with Gasteiger partial charge in [0.1, 0.15) is 11.6 Å². The van der Waals surface area contributed by atoms with Crippen molar-refractivity contribution in [3.05, 3.63) is 59.7 Å². The third-order valence-electron chi connectivity index (χ3n) is 3.27. The Balaban J connectivity index is 1.94. The van der Waals surface area contributed by atoms with E-state index in [-0.39, 0.29) is 22.7 Å². The Hall–Kier alpha value is -2.85. The van der Waals surface area contributed by atoms with E-state index >= 15 is 0 Å². The van der Waals surface area contributed by atoms with Crippen molar-refractivity contribution >= 4 is 27.6 Å². The number of sulfonamides is 1. The molecule has 10 heteroatoms. The first-order valence-electron chi connectivity index (χ1n) is 7.74. The second-order valence-corrected chi connectivity index (χ2v) is 7.04. The lowest BCUT2D eigenvalue weighted by Gasteiger charge is -2.08. The molecule has 0 spiro atoms. The summed E-state index contributed by atoms with van der Waals surface area (Å²) in [5.74, 6) is -3.44. The molecule has 0 fully saturated rings. The highest BCUT2D eigenvalue weighted by atomic mass is 32.2. The molecule has 2 aromatic carbocycles. The summed E-state index contributed by atoms with van der Waals surface area (Å²) < 4.78 is 57.0. The number of hydrogen-bond donors (Lipinski definition) is 2. The third kappa shape index (κ3) is 5.56. The highest BCUT2D eigenvalue weighted by Crippen LogP contribution is 2.15. The molecule has 0 radical (unpaired) electrons. The summed E-state index contributed by atoms with van der Waals surface area (Å²) in [5, 5.41) is 2.14. The highest BCUT2D eigenvalue weighted by Gasteiger charge is 2.15. The van der Waals surface area contributed by atoms with E-state index in [1.807, 2.05) is 0 Å². The molecule has 2 rings (SSSR count). The van der Waals surface area contributed by atoms with Gasteiger partial charge in [0, 0.05) is 12.6 Å². The first-order chi connectivity index (χ1) is 12.7. The van der Waals surface area contributed by atoms with E-state index in [2.05, 4.69) is 10.0 Å². The lowest BCUT2D eigenvalue weighted by atomic mass is 10.2. The summed E-state index contributed by atoms with van der Waals surface area (Å²) in [6, 6.07) is 7.53. The Kier molecular flexibility index (Phi) is 6.59. The highest BCUT2D eigenvalue weighted by molar-refractivity contribution is 7.89. The van der Waals surface area contributed by atoms with Crippen molar-refractivity contribution in [3.63, 3.8) is 0 Å². The number of benzene rings is 2. The third-order valence-corrected chi connectivity index (χ3v) is 4.84. The summed E-state index contributed by atoms with van der Waals surface area (Å²) in [4.78, 5) is 23.6. The number of nitrogens with one attached hydrogen (secondary N) is 2. The van der Waals surface area contributed by atoms with Gasteiger partial charge >= 0.3 is 5.97 Å². The first-order valence-corrected chi connectivity index (χ1v) is 9.23. The molecule has 0 bridgehead atoms. The molecule has 2 N–H and O–H groups in total. The standard InChI is InChI=1S/C17H16F2N2O5S/c1-2-20-27(24,25)13-6-3-11(4-7-13)17(23)26-10-16(22)21-15-8-5-12(18)9-14(15)19/h3-9,20H,2,10H2,1H3,(H,21,22). The molecular formula is C17H16F2N2O5S. The van der Waals surface area contributed by atoms with Crippen LogP contribution in [-0.4, -0.2) is 33.4 Å². The molecule has 0 atom stereocenters. The molecule has 0 aliphatic heterocycles. The normalized spacial score (nSPS) is 11.1. The lowest BCUT2D eigenvalue weighted by molar-refractivity contribution is -0.119. The fraction of sp³-hybridized carbons (Fsp3) is 0.176. The maximum atomic E-state index is 13.4. The van der Waals surface area contributed by atoms with Gasteiger partial charge in [0.25, 0.3) is 5.91 Å². The molecule has 27 heavy (non-hydrogen) atoms. The van der Waals surface area contributed by atoms with Crippen LogP contribution < -0.4 is 10.0 Å². The quantitative estimate of drug-likeness (QED) is 0.695. The average Bonchev–Trinajstić information content (AvgIpc) is 2.62. The molecule has 0 aromatic heterocycles. The van der Waals surface area contributed by atoms with Gasteiger partial charge < -0.3 is 10.1 Å². The first kappa shape index (κ1) is 20.5. The number of carbonyl (C=O) groups excluding carboxylic acids is 2. The van der Waals surface area contributed by atoms with Gasteiger partial charge in [0.2, 0.25) is 10.0 Å². The minimum absolute atomic E-state index is 0.0228. The number of amides is 1. The van der Waals surface area contributed by atoms with Crippen LogP contribution in [0.25, 0.3) is 0 Å². The van der Waals surface area contributed by atoms with Crippen LogP contribution in [0.2, 0.25) is 0 Å². The molecule has 2 aromatic rings. The second kappa shape index (κ2) is 8.69. The topological polar surface area (TPSA) is 102 Å². The molecular weight excluding hydrogens is 382 g/mol. The van der Waals surface area contributed by atoms with Crippen molar-refractivity contribution in [1.82, 2.24) is 4.72 Å². The van der Waals surface area contributed by atoms with E-state index in [4.69, 9.17) is 4.74 Å². The summed E-state index contributed by atoms with van der Waals surface area (Å²) >= 11 is 0. The van der Waals surface area contributed by atoms with Crippen molar-refractivity contribution in [2.45, 2.75) is 11.8 Å². The van der Waals surface area contributed by atoms with E-state index < -0.39 is 40.1 Å². The lowest BCUT2D eigenvalue weighted by Crippen LogP contribution is -2.23. The zero-order valence-corrected chi connectivity index (χ0v) is 15.0. The van der Waals surface area contributed by atoms with Crippen LogP contribution in [0.1, 0.15) is 17.3 Å². The summed E-state index contributed by atoms with van der Waals surface area (Å²) in [7, 11) is -3.65. The number of anilines is 1. The Morgan fingerprint density at radius 2 is 1.74 bits per heavy atom. The largest absolute Gasteiger partial charge is 0.452 e. The molecule has 144 valence electrons. The van der Waals surface area contributed by atoms with Crippen LogP contribution in [-0.2, 0) is 19.6 Å². The smallest absolute Gasteiger partial charge is 0.338 e. The number of halogens is 2. The predicted octanol–water partition coefficient (Wildman–Crippen LogP) is 2.06. The van der Waals surface area contributed by atoms with Crippen LogP contribution in [0.5, 0.6) is 0 Å². The Morgan fingerprint density at radius 1 is 1.07 bits per heavy atom. The SMILES string of the molecule is CCNS(=O)(=O)c1ccc(C(=O)OCC(=O)Nc2ccc(F)cc2F)cc1. The van der Waals surface area contributed by atoms with Crippen molar-refractivity contribution in [2.24, 2.45) is 0 Å². The van der Waals surface area contributed by atoms with Gasteiger partial charge in [-0.15, -0.1) is 0 Å². The van der Waals surface area contributed by atoms with Crippen LogP contribution in [0.4, 0.5) is 14.5 Å². The second-order valence-electron chi connectivity index (χ2n) is 5.27. The van der Waals surface area contributed by atoms with E-state index in [1.165, 1.54) is 24.3 Å². The molecule has 0 aliphatic rings. The number of esters is 1. The summed E-state index contributed by atoms with van der Waals surface area (Å²) in [5.41, 5.74) is -0.221. The minimum atomic E-state index is -3.65. The Morgan fingerprint density at radius 3 is 2.33 bits per heavy atom. The fourth-order valence-electron chi connectivity index (χ4n) is 2.04. The molecule has 0 saturated heterocycles. The van der Waals surface area contributed by atoms with Crippen molar-refractivity contribution in [3.8, 4) is 0 Å². The number of ether oxygens (including phenoxy) is 1. The van der Waals surface area contributed by atoms with Gasteiger partial charge in [-0.2, -0.15) is 0 Å². The average molecular weight is 398 g/mol. The maximum absolute atomic E-state index is 13.4. The molecule has 1 amide bonds. The van der Waals surface area contributed by atoms with Gasteiger partial charge in [-0.05, 0) is 36.4 Å². The summed E-state index contributed by atoms with van der Waals surface area (Å²) in [6.07, 6.45) is 0. The van der Waals surface area contributed by atoms with Gasteiger partial charge in [-0.25, -0.2) is 26.7 Å². The van der Waals surface area contributed by atoms with Crippen LogP contribution in [0, 0.1) is 11.6 Å². The van der Waals surface area contributed by atoms with Crippen LogP contribution >= 0.6 is 0 Å². The van der Waals surface area contributed by atoms with Gasteiger partial charge in [-0.1, -0.05) is 6.92 Å². The zero-order chi connectivity index (χ0) is 20.0. The van der Waals surface area contributed by atoms with E-state index in [1.54, 1.807) is 6.92 Å². The van der Waals surface area contributed by atoms with E-state index in [9.17, 15) is 26.8 Å².